The molecule has 11 heteroatoms. The molecule has 1 saturated carbocycles. The molecule has 17 atom stereocenters. The monoisotopic (exact) mass is 759 g/mol. The first-order valence-corrected chi connectivity index (χ1v) is 21.1. The zero-order chi connectivity index (χ0) is 38.7. The van der Waals surface area contributed by atoms with Gasteiger partial charge in [-0.15, -0.1) is 0 Å². The average molecular weight is 760 g/mol. The zero-order valence-corrected chi connectivity index (χ0v) is 34.4. The minimum absolute atomic E-state index is 0.0374. The number of ether oxygens (including phenoxy) is 8. The topological polar surface area (TPSA) is 111 Å². The van der Waals surface area contributed by atoms with Crippen LogP contribution in [-0.4, -0.2) is 119 Å². The Kier molecular flexibility index (Phi) is 14.5. The van der Waals surface area contributed by atoms with E-state index in [0.29, 0.717) is 25.0 Å². The number of cyclic esters (lactones) is 1. The standard InChI is InChI=1S/C43H69NO10/c1-10-19-49-41-40(47-8)26(5)51-43(42(41)48-9)53-29-20-27-15-16-30-32(31(27)21-29)22-34-33(30)23-37(45)52-28(11-2)13-12-14-36(24(3)39(34)46)54-38-18-17-35(44(6)7)25(4)50-38/h15-16,22,24-33,35-36,38,40-43H,10-14,17-21,23H2,1-9H3/t24-,25-,26+,27-,28+,29-,30-,31-,32-,33+,35+,36+,38+,40+,41-,42-,43+/m1/s1. The number of carbonyl (C=O) groups excluding carboxylic acids is 2. The van der Waals surface area contributed by atoms with E-state index in [1.165, 1.54) is 0 Å². The van der Waals surface area contributed by atoms with Crippen molar-refractivity contribution in [1.29, 1.82) is 0 Å². The lowest BCUT2D eigenvalue weighted by Gasteiger charge is -2.44. The first kappa shape index (κ1) is 41.9. The van der Waals surface area contributed by atoms with Crippen LogP contribution in [0.15, 0.2) is 23.8 Å². The van der Waals surface area contributed by atoms with Crippen LogP contribution in [0.4, 0.5) is 0 Å². The van der Waals surface area contributed by atoms with Crippen LogP contribution in [0, 0.1) is 35.5 Å². The van der Waals surface area contributed by atoms with Crippen LogP contribution in [0.5, 0.6) is 0 Å². The molecule has 0 N–H and O–H groups in total. The number of Topliss-reactive ketones (excluding diaryl/α,β-unsaturated/α-hetero) is 1. The van der Waals surface area contributed by atoms with E-state index < -0.39 is 12.4 Å². The van der Waals surface area contributed by atoms with Crippen LogP contribution in [0.25, 0.3) is 0 Å². The van der Waals surface area contributed by atoms with Crippen LogP contribution in [0.2, 0.25) is 0 Å². The number of methoxy groups -OCH3 is 2. The van der Waals surface area contributed by atoms with Gasteiger partial charge in [-0.05, 0) is 115 Å². The Morgan fingerprint density at radius 1 is 0.852 bits per heavy atom. The van der Waals surface area contributed by atoms with Gasteiger partial charge in [-0.3, -0.25) is 9.59 Å². The second-order valence-corrected chi connectivity index (χ2v) is 17.1. The van der Waals surface area contributed by atoms with Crippen LogP contribution in [-0.2, 0) is 47.5 Å². The Bertz CT molecular complexity index is 1320. The lowest BCUT2D eigenvalue weighted by molar-refractivity contribution is -0.317. The SMILES string of the molecule is CCCO[C@@H]1[C@@H](OC)[C@H](C)O[C@@H](O[C@H]2C[C@H]3[C@@H]4C=C5C(=O)[C@H](C)[C@@H](O[C@H]6CC[C@H](N(C)C)[C@@H](C)O6)CCC[C@H](CC)OC(=O)C[C@H]5[C@@H]4C=C[C@@H]3C2)[C@@H]1OC. The van der Waals surface area contributed by atoms with Gasteiger partial charge >= 0.3 is 5.97 Å². The van der Waals surface area contributed by atoms with Crippen molar-refractivity contribution >= 4 is 11.8 Å². The summed E-state index contributed by atoms with van der Waals surface area (Å²) in [5.74, 6) is 0.0185. The van der Waals surface area contributed by atoms with Crippen molar-refractivity contribution in [2.75, 3.05) is 34.9 Å². The van der Waals surface area contributed by atoms with E-state index in [1.54, 1.807) is 14.2 Å². The molecular formula is C43H69NO10. The van der Waals surface area contributed by atoms with Gasteiger partial charge in [-0.25, -0.2) is 0 Å². The number of hydrogen-bond donors (Lipinski definition) is 0. The minimum Gasteiger partial charge on any atom is -0.462 e. The highest BCUT2D eigenvalue weighted by Crippen LogP contribution is 2.54. The van der Waals surface area contributed by atoms with Gasteiger partial charge in [-0.1, -0.05) is 39.0 Å². The largest absolute Gasteiger partial charge is 0.462 e. The van der Waals surface area contributed by atoms with Gasteiger partial charge in [0.1, 0.15) is 24.4 Å². The molecule has 4 fully saturated rings. The molecule has 0 spiro atoms. The molecular weight excluding hydrogens is 690 g/mol. The number of carbonyl (C=O) groups is 2. The summed E-state index contributed by atoms with van der Waals surface area (Å²) in [6, 6.07) is 0.338. The minimum atomic E-state index is -0.592. The Hall–Kier alpha value is -1.70. The highest BCUT2D eigenvalue weighted by atomic mass is 16.7. The van der Waals surface area contributed by atoms with Gasteiger partial charge in [0.25, 0.3) is 0 Å². The predicted octanol–water partition coefficient (Wildman–Crippen LogP) is 6.27. The Morgan fingerprint density at radius 3 is 2.31 bits per heavy atom. The molecule has 11 nitrogen and oxygen atoms in total. The summed E-state index contributed by atoms with van der Waals surface area (Å²) in [5.41, 5.74) is 0.766. The van der Waals surface area contributed by atoms with E-state index in [-0.39, 0.29) is 96.8 Å². The second kappa shape index (κ2) is 18.7. The predicted molar refractivity (Wildman–Crippen MR) is 203 cm³/mol. The van der Waals surface area contributed by atoms with Crippen molar-refractivity contribution in [3.05, 3.63) is 23.8 Å². The summed E-state index contributed by atoms with van der Waals surface area (Å²) in [7, 11) is 7.54. The molecule has 0 unspecified atom stereocenters. The molecule has 0 aromatic rings. The number of rotatable bonds is 11. The van der Waals surface area contributed by atoms with E-state index in [4.69, 9.17) is 37.9 Å². The fourth-order valence-corrected chi connectivity index (χ4v) is 10.6. The van der Waals surface area contributed by atoms with Crippen molar-refractivity contribution in [1.82, 2.24) is 4.90 Å². The summed E-state index contributed by atoms with van der Waals surface area (Å²) in [6.07, 6.45) is 11.8. The molecule has 3 aliphatic carbocycles. The van der Waals surface area contributed by atoms with E-state index in [0.717, 1.165) is 56.9 Å². The van der Waals surface area contributed by atoms with Crippen molar-refractivity contribution < 1.29 is 47.5 Å². The maximum absolute atomic E-state index is 14.7. The van der Waals surface area contributed by atoms with Crippen molar-refractivity contribution in [2.45, 2.75) is 166 Å². The third-order valence-electron chi connectivity index (χ3n) is 13.5. The summed E-state index contributed by atoms with van der Waals surface area (Å²) in [6.45, 7) is 10.9. The molecule has 0 aromatic heterocycles. The van der Waals surface area contributed by atoms with Crippen LogP contribution in [0.3, 0.4) is 0 Å². The Morgan fingerprint density at radius 2 is 1.63 bits per heavy atom. The van der Waals surface area contributed by atoms with E-state index in [2.05, 4.69) is 58.0 Å². The highest BCUT2D eigenvalue weighted by molar-refractivity contribution is 5.99. The van der Waals surface area contributed by atoms with Gasteiger partial charge in [0.05, 0.1) is 30.8 Å². The number of allylic oxidation sites excluding steroid dienone is 4. The third-order valence-corrected chi connectivity index (χ3v) is 13.5. The quantitative estimate of drug-likeness (QED) is 0.176. The molecule has 3 heterocycles. The Labute approximate surface area is 324 Å². The fraction of sp³-hybridized carbons (Fsp3) is 0.860. The number of esters is 1. The molecule has 6 rings (SSSR count). The summed E-state index contributed by atoms with van der Waals surface area (Å²) < 4.78 is 50.4. The maximum Gasteiger partial charge on any atom is 0.306 e. The van der Waals surface area contributed by atoms with Crippen LogP contribution >= 0.6 is 0 Å². The first-order chi connectivity index (χ1) is 26.0. The number of fused-ring (bicyclic) bond motifs is 5. The van der Waals surface area contributed by atoms with Gasteiger partial charge in [0.2, 0.25) is 0 Å². The molecule has 306 valence electrons. The number of nitrogens with zero attached hydrogens (tertiary/aromatic N) is 1. The number of likely N-dealkylation sites (N-methyl/N-ethyl adjacent to an activating group) is 1. The van der Waals surface area contributed by atoms with Gasteiger partial charge in [0, 0.05) is 38.7 Å². The molecule has 0 aromatic carbocycles. The van der Waals surface area contributed by atoms with Crippen LogP contribution < -0.4 is 0 Å². The van der Waals surface area contributed by atoms with Crippen molar-refractivity contribution in [3.63, 3.8) is 0 Å². The maximum atomic E-state index is 14.7. The van der Waals surface area contributed by atoms with E-state index in [9.17, 15) is 9.59 Å². The lowest BCUT2D eigenvalue weighted by atomic mass is 9.70. The van der Waals surface area contributed by atoms with Gasteiger partial charge in [-0.2, -0.15) is 0 Å². The average Bonchev–Trinajstić information content (AvgIpc) is 3.72. The van der Waals surface area contributed by atoms with E-state index >= 15 is 0 Å². The summed E-state index contributed by atoms with van der Waals surface area (Å²) in [4.78, 5) is 30.5. The molecule has 0 radical (unpaired) electrons. The molecule has 0 amide bonds. The normalized spacial score (nSPS) is 44.5. The summed E-state index contributed by atoms with van der Waals surface area (Å²) in [5, 5.41) is 0. The van der Waals surface area contributed by atoms with Gasteiger partial charge < -0.3 is 42.8 Å². The lowest BCUT2D eigenvalue weighted by Crippen LogP contribution is -2.60. The fourth-order valence-electron chi connectivity index (χ4n) is 10.6. The molecule has 6 aliphatic rings. The Balaban J connectivity index is 1.20. The second-order valence-electron chi connectivity index (χ2n) is 17.1. The molecule has 3 saturated heterocycles. The third kappa shape index (κ3) is 9.04. The van der Waals surface area contributed by atoms with Gasteiger partial charge in [0.15, 0.2) is 18.4 Å². The molecule has 0 bridgehead atoms. The number of hydrogen-bond acceptors (Lipinski definition) is 11. The first-order valence-electron chi connectivity index (χ1n) is 21.1. The van der Waals surface area contributed by atoms with Crippen molar-refractivity contribution in [3.8, 4) is 0 Å². The number of ketones is 1. The van der Waals surface area contributed by atoms with Crippen molar-refractivity contribution in [2.24, 2.45) is 35.5 Å². The molecule has 54 heavy (non-hydrogen) atoms. The highest BCUT2D eigenvalue weighted by Gasteiger charge is 2.53. The van der Waals surface area contributed by atoms with E-state index in [1.807, 2.05) is 13.8 Å². The van der Waals surface area contributed by atoms with Crippen LogP contribution in [0.1, 0.15) is 98.8 Å². The smallest absolute Gasteiger partial charge is 0.306 e. The zero-order valence-electron chi connectivity index (χ0n) is 34.4. The molecule has 3 aliphatic heterocycles. The summed E-state index contributed by atoms with van der Waals surface area (Å²) >= 11 is 0.